The summed E-state index contributed by atoms with van der Waals surface area (Å²) in [6.45, 7) is 3.21. The van der Waals surface area contributed by atoms with E-state index in [1.165, 1.54) is 0 Å². The Bertz CT molecular complexity index is 728. The normalized spacial score (nSPS) is 15.0. The molecule has 1 fully saturated rings. The third-order valence-electron chi connectivity index (χ3n) is 4.24. The fourth-order valence-corrected chi connectivity index (χ4v) is 2.84. The molecule has 2 amide bonds. The van der Waals surface area contributed by atoms with Crippen LogP contribution in [0.4, 0.5) is 5.69 Å². The Kier molecular flexibility index (Phi) is 5.33. The molecule has 2 aromatic carbocycles. The molecule has 5 heteroatoms. The van der Waals surface area contributed by atoms with Gasteiger partial charge in [0.1, 0.15) is 12.3 Å². The Morgan fingerprint density at radius 1 is 1.04 bits per heavy atom. The molecule has 0 spiro atoms. The molecule has 1 saturated heterocycles. The van der Waals surface area contributed by atoms with Gasteiger partial charge >= 0.3 is 0 Å². The molecule has 0 N–H and O–H groups in total. The minimum atomic E-state index is -0.163. The first kappa shape index (κ1) is 17.0. The van der Waals surface area contributed by atoms with Gasteiger partial charge in [0.25, 0.3) is 5.91 Å². The van der Waals surface area contributed by atoms with E-state index in [4.69, 9.17) is 4.74 Å². The summed E-state index contributed by atoms with van der Waals surface area (Å²) in [4.78, 5) is 28.3. The summed E-state index contributed by atoms with van der Waals surface area (Å²) in [6.07, 6.45) is 0.747. The van der Waals surface area contributed by atoms with E-state index in [9.17, 15) is 9.59 Å². The third-order valence-corrected chi connectivity index (χ3v) is 4.24. The zero-order valence-electron chi connectivity index (χ0n) is 14.4. The maximum absolute atomic E-state index is 12.5. The summed E-state index contributed by atoms with van der Waals surface area (Å²) in [5.74, 6) is 0.433. The summed E-state index contributed by atoms with van der Waals surface area (Å²) in [6, 6.07) is 17.1. The van der Waals surface area contributed by atoms with Crippen molar-refractivity contribution in [1.29, 1.82) is 0 Å². The SMILES string of the molecule is Cc1ccc(OCC(=O)N2CCCN(c3ccccc3)C(=O)C2)cc1. The zero-order valence-corrected chi connectivity index (χ0v) is 14.4. The van der Waals surface area contributed by atoms with Crippen LogP contribution in [0.25, 0.3) is 0 Å². The Morgan fingerprint density at radius 3 is 2.48 bits per heavy atom. The molecule has 2 aromatic rings. The van der Waals surface area contributed by atoms with E-state index in [2.05, 4.69) is 0 Å². The van der Waals surface area contributed by atoms with Gasteiger partial charge in [0.05, 0.1) is 0 Å². The number of rotatable bonds is 4. The number of ether oxygens (including phenoxy) is 1. The van der Waals surface area contributed by atoms with E-state index in [1.54, 1.807) is 9.80 Å². The average Bonchev–Trinajstić information content (AvgIpc) is 2.83. The van der Waals surface area contributed by atoms with Gasteiger partial charge in [-0.15, -0.1) is 0 Å². The lowest BCUT2D eigenvalue weighted by Crippen LogP contribution is -2.41. The minimum absolute atomic E-state index is 0.0539. The van der Waals surface area contributed by atoms with Gasteiger partial charge in [0.2, 0.25) is 5.91 Å². The van der Waals surface area contributed by atoms with Crippen LogP contribution in [0.1, 0.15) is 12.0 Å². The predicted octanol–water partition coefficient (Wildman–Crippen LogP) is 2.64. The van der Waals surface area contributed by atoms with E-state index in [0.717, 1.165) is 17.7 Å². The van der Waals surface area contributed by atoms with Crippen LogP contribution in [-0.4, -0.2) is 43.0 Å². The van der Waals surface area contributed by atoms with E-state index < -0.39 is 0 Å². The highest BCUT2D eigenvalue weighted by Gasteiger charge is 2.25. The molecule has 1 aliphatic rings. The van der Waals surface area contributed by atoms with Gasteiger partial charge in [-0.05, 0) is 37.6 Å². The molecular weight excluding hydrogens is 316 g/mol. The smallest absolute Gasteiger partial charge is 0.260 e. The third kappa shape index (κ3) is 4.38. The summed E-state index contributed by atoms with van der Waals surface area (Å²) in [5, 5.41) is 0. The van der Waals surface area contributed by atoms with Crippen LogP contribution in [0.5, 0.6) is 5.75 Å². The number of hydrogen-bond donors (Lipinski definition) is 0. The van der Waals surface area contributed by atoms with Gasteiger partial charge < -0.3 is 14.5 Å². The quantitative estimate of drug-likeness (QED) is 0.861. The lowest BCUT2D eigenvalue weighted by molar-refractivity contribution is -0.136. The number of carbonyl (C=O) groups is 2. The average molecular weight is 338 g/mol. The monoisotopic (exact) mass is 338 g/mol. The molecule has 0 aliphatic carbocycles. The van der Waals surface area contributed by atoms with Crippen molar-refractivity contribution >= 4 is 17.5 Å². The van der Waals surface area contributed by atoms with Crippen molar-refractivity contribution in [2.75, 3.05) is 31.1 Å². The molecule has 5 nitrogen and oxygen atoms in total. The molecule has 0 bridgehead atoms. The Labute approximate surface area is 147 Å². The van der Waals surface area contributed by atoms with Crippen LogP contribution in [-0.2, 0) is 9.59 Å². The fraction of sp³-hybridized carbons (Fsp3) is 0.300. The van der Waals surface area contributed by atoms with Crippen LogP contribution in [0.2, 0.25) is 0 Å². The topological polar surface area (TPSA) is 49.9 Å². The van der Waals surface area contributed by atoms with Gasteiger partial charge in [-0.1, -0.05) is 35.9 Å². The first-order chi connectivity index (χ1) is 12.1. The largest absolute Gasteiger partial charge is 0.484 e. The molecular formula is C20H22N2O3. The predicted molar refractivity (Wildman–Crippen MR) is 96.7 cm³/mol. The van der Waals surface area contributed by atoms with Crippen molar-refractivity contribution in [2.24, 2.45) is 0 Å². The number of amides is 2. The molecule has 0 aromatic heterocycles. The van der Waals surface area contributed by atoms with Crippen molar-refractivity contribution in [1.82, 2.24) is 4.90 Å². The first-order valence-corrected chi connectivity index (χ1v) is 8.46. The fourth-order valence-electron chi connectivity index (χ4n) is 2.84. The van der Waals surface area contributed by atoms with Crippen LogP contribution in [0.3, 0.4) is 0 Å². The number of hydrogen-bond acceptors (Lipinski definition) is 3. The lowest BCUT2D eigenvalue weighted by atomic mass is 10.2. The van der Waals surface area contributed by atoms with Gasteiger partial charge in [0, 0.05) is 18.8 Å². The van der Waals surface area contributed by atoms with E-state index in [0.29, 0.717) is 18.8 Å². The molecule has 3 rings (SSSR count). The summed E-state index contributed by atoms with van der Waals surface area (Å²) in [7, 11) is 0. The zero-order chi connectivity index (χ0) is 17.6. The molecule has 1 heterocycles. The Hall–Kier alpha value is -2.82. The standard InChI is InChI=1S/C20H22N2O3/c1-16-8-10-18(11-9-16)25-15-20(24)21-12-5-13-22(19(23)14-21)17-6-3-2-4-7-17/h2-4,6-11H,5,12-15H2,1H3. The summed E-state index contributed by atoms with van der Waals surface area (Å²) < 4.78 is 5.55. The number of para-hydroxylation sites is 1. The van der Waals surface area contributed by atoms with E-state index in [-0.39, 0.29) is 25.0 Å². The highest BCUT2D eigenvalue weighted by molar-refractivity contribution is 5.97. The molecule has 1 aliphatic heterocycles. The second-order valence-corrected chi connectivity index (χ2v) is 6.15. The van der Waals surface area contributed by atoms with Crippen molar-refractivity contribution < 1.29 is 14.3 Å². The second-order valence-electron chi connectivity index (χ2n) is 6.15. The van der Waals surface area contributed by atoms with Crippen LogP contribution in [0, 0.1) is 6.92 Å². The van der Waals surface area contributed by atoms with Gasteiger partial charge in [-0.25, -0.2) is 0 Å². The maximum atomic E-state index is 12.5. The Morgan fingerprint density at radius 2 is 1.76 bits per heavy atom. The number of carbonyl (C=O) groups excluding carboxylic acids is 2. The maximum Gasteiger partial charge on any atom is 0.260 e. The van der Waals surface area contributed by atoms with Crippen molar-refractivity contribution in [3.63, 3.8) is 0 Å². The summed E-state index contributed by atoms with van der Waals surface area (Å²) in [5.41, 5.74) is 2.01. The highest BCUT2D eigenvalue weighted by Crippen LogP contribution is 2.17. The molecule has 25 heavy (non-hydrogen) atoms. The number of benzene rings is 2. The van der Waals surface area contributed by atoms with E-state index >= 15 is 0 Å². The van der Waals surface area contributed by atoms with Crippen molar-refractivity contribution in [2.45, 2.75) is 13.3 Å². The minimum Gasteiger partial charge on any atom is -0.484 e. The van der Waals surface area contributed by atoms with Crippen LogP contribution in [0.15, 0.2) is 54.6 Å². The highest BCUT2D eigenvalue weighted by atomic mass is 16.5. The number of anilines is 1. The van der Waals surface area contributed by atoms with Crippen molar-refractivity contribution in [3.8, 4) is 5.75 Å². The van der Waals surface area contributed by atoms with Gasteiger partial charge in [-0.2, -0.15) is 0 Å². The number of nitrogens with zero attached hydrogens (tertiary/aromatic N) is 2. The summed E-state index contributed by atoms with van der Waals surface area (Å²) >= 11 is 0. The van der Waals surface area contributed by atoms with Crippen molar-refractivity contribution in [3.05, 3.63) is 60.2 Å². The number of aryl methyl sites for hydroxylation is 1. The molecule has 0 saturated carbocycles. The molecule has 0 unspecified atom stereocenters. The molecule has 130 valence electrons. The second kappa shape index (κ2) is 7.83. The molecule has 0 radical (unpaired) electrons. The van der Waals surface area contributed by atoms with Gasteiger partial charge in [-0.3, -0.25) is 9.59 Å². The first-order valence-electron chi connectivity index (χ1n) is 8.46. The van der Waals surface area contributed by atoms with Crippen LogP contribution >= 0.6 is 0 Å². The Balaban J connectivity index is 1.58. The molecule has 0 atom stereocenters. The lowest BCUT2D eigenvalue weighted by Gasteiger charge is -2.22. The van der Waals surface area contributed by atoms with Crippen LogP contribution < -0.4 is 9.64 Å². The van der Waals surface area contributed by atoms with Gasteiger partial charge in [0.15, 0.2) is 6.61 Å². The van der Waals surface area contributed by atoms with E-state index in [1.807, 2.05) is 61.5 Å².